The lowest BCUT2D eigenvalue weighted by Gasteiger charge is -2.15. The Morgan fingerprint density at radius 2 is 2.00 bits per heavy atom. The van der Waals surface area contributed by atoms with Crippen molar-refractivity contribution < 1.29 is 9.53 Å². The number of carbonyl (C=O) groups excluding carboxylic acids is 1. The number of esters is 1. The number of nitrogens with zero attached hydrogens (tertiary/aromatic N) is 3. The molecule has 0 radical (unpaired) electrons. The van der Waals surface area contributed by atoms with Crippen LogP contribution < -0.4 is 11.2 Å². The first-order valence-electron chi connectivity index (χ1n) is 7.18. The molecule has 0 saturated carbocycles. The van der Waals surface area contributed by atoms with Gasteiger partial charge >= 0.3 is 11.7 Å². The van der Waals surface area contributed by atoms with Crippen LogP contribution in [0.3, 0.4) is 0 Å². The van der Waals surface area contributed by atoms with E-state index in [1.807, 2.05) is 6.92 Å². The highest BCUT2D eigenvalue weighted by atomic mass is 32.2. The summed E-state index contributed by atoms with van der Waals surface area (Å²) in [5.41, 5.74) is 0.225. The third-order valence-electron chi connectivity index (χ3n) is 3.51. The molecule has 23 heavy (non-hydrogen) atoms. The number of aryl methyl sites for hydroxylation is 2. The molecule has 1 atom stereocenters. The van der Waals surface area contributed by atoms with Gasteiger partial charge in [-0.3, -0.25) is 18.7 Å². The lowest BCUT2D eigenvalue weighted by Crippen LogP contribution is -2.37. The van der Waals surface area contributed by atoms with Gasteiger partial charge in [0.2, 0.25) is 0 Å². The topological polar surface area (TPSA) is 83.2 Å². The number of thioether (sulfide) groups is 1. The molecule has 7 nitrogen and oxygen atoms in total. The zero-order chi connectivity index (χ0) is 17.3. The Hall–Kier alpha value is -2.09. The van der Waals surface area contributed by atoms with Gasteiger partial charge in [0.05, 0.1) is 12.0 Å². The molecule has 0 N–H and O–H groups in total. The molecule has 0 bridgehead atoms. The van der Waals surface area contributed by atoms with E-state index < -0.39 is 16.5 Å². The van der Waals surface area contributed by atoms with E-state index in [-0.39, 0.29) is 5.97 Å². The number of rotatable bonds is 4. The molecule has 0 amide bonds. The lowest BCUT2D eigenvalue weighted by atomic mass is 10.2. The minimum absolute atomic E-state index is 0.302. The van der Waals surface area contributed by atoms with Crippen molar-refractivity contribution in [2.45, 2.75) is 30.9 Å². The van der Waals surface area contributed by atoms with Gasteiger partial charge in [-0.25, -0.2) is 9.78 Å². The highest BCUT2D eigenvalue weighted by Gasteiger charge is 2.21. The van der Waals surface area contributed by atoms with Gasteiger partial charge in [-0.15, -0.1) is 11.8 Å². The van der Waals surface area contributed by atoms with Crippen molar-refractivity contribution in [1.82, 2.24) is 14.1 Å². The van der Waals surface area contributed by atoms with Crippen molar-refractivity contribution in [2.24, 2.45) is 14.1 Å². The quantitative estimate of drug-likeness (QED) is 0.611. The summed E-state index contributed by atoms with van der Waals surface area (Å²) in [6, 6.07) is 0. The van der Waals surface area contributed by atoms with Crippen LogP contribution >= 0.6 is 11.8 Å². The number of hydrogen-bond acceptors (Lipinski definition) is 6. The van der Waals surface area contributed by atoms with Crippen molar-refractivity contribution in [1.29, 1.82) is 0 Å². The molecule has 0 aromatic carbocycles. The number of hydrogen-bond donors (Lipinski definition) is 0. The summed E-state index contributed by atoms with van der Waals surface area (Å²) in [5.74, 6) is -0.344. The first-order chi connectivity index (χ1) is 10.8. The molecular weight excluding hydrogens is 318 g/mol. The predicted molar refractivity (Wildman–Crippen MR) is 88.9 cm³/mol. The standard InChI is InChI=1S/C15H19N3O4S/c1-6-22-14(20)9(3)23-11-8(2)7-16-12-10(11)13(19)18(5)15(21)17(12)4/h7,9H,6H2,1-5H3/t9-/m1/s1. The van der Waals surface area contributed by atoms with E-state index in [2.05, 4.69) is 4.98 Å². The van der Waals surface area contributed by atoms with Crippen LogP contribution in [0.5, 0.6) is 0 Å². The van der Waals surface area contributed by atoms with Crippen LogP contribution in [0, 0.1) is 6.92 Å². The van der Waals surface area contributed by atoms with Gasteiger partial charge in [0.25, 0.3) is 5.56 Å². The Labute approximate surface area is 137 Å². The minimum Gasteiger partial charge on any atom is -0.465 e. The lowest BCUT2D eigenvalue weighted by molar-refractivity contribution is -0.142. The summed E-state index contributed by atoms with van der Waals surface area (Å²) >= 11 is 1.24. The molecule has 0 saturated heterocycles. The Bertz CT molecular complexity index is 885. The molecule has 2 aromatic rings. The smallest absolute Gasteiger partial charge is 0.332 e. The zero-order valence-corrected chi connectivity index (χ0v) is 14.6. The van der Waals surface area contributed by atoms with Gasteiger partial charge in [-0.2, -0.15) is 0 Å². The van der Waals surface area contributed by atoms with Crippen molar-refractivity contribution in [3.63, 3.8) is 0 Å². The molecule has 2 aromatic heterocycles. The van der Waals surface area contributed by atoms with Crippen molar-refractivity contribution in [3.8, 4) is 0 Å². The molecule has 0 spiro atoms. The molecular formula is C15H19N3O4S. The van der Waals surface area contributed by atoms with Crippen LogP contribution in [0.4, 0.5) is 0 Å². The number of aromatic nitrogens is 3. The van der Waals surface area contributed by atoms with E-state index in [0.717, 1.165) is 10.1 Å². The first-order valence-corrected chi connectivity index (χ1v) is 8.06. The fraction of sp³-hybridized carbons (Fsp3) is 0.467. The largest absolute Gasteiger partial charge is 0.465 e. The number of fused-ring (bicyclic) bond motifs is 1. The van der Waals surface area contributed by atoms with Crippen molar-refractivity contribution >= 4 is 28.8 Å². The van der Waals surface area contributed by atoms with Gasteiger partial charge < -0.3 is 4.74 Å². The van der Waals surface area contributed by atoms with Gasteiger partial charge in [0, 0.05) is 25.2 Å². The summed E-state index contributed by atoms with van der Waals surface area (Å²) in [7, 11) is 2.99. The Balaban J connectivity index is 2.69. The third-order valence-corrected chi connectivity index (χ3v) is 4.82. The fourth-order valence-electron chi connectivity index (χ4n) is 2.23. The molecule has 0 aliphatic heterocycles. The van der Waals surface area contributed by atoms with Crippen molar-refractivity contribution in [3.05, 3.63) is 32.6 Å². The van der Waals surface area contributed by atoms with Gasteiger partial charge in [0.15, 0.2) is 0 Å². The molecule has 0 aliphatic rings. The number of ether oxygens (including phenoxy) is 1. The molecule has 2 rings (SSSR count). The normalized spacial score (nSPS) is 12.4. The molecule has 8 heteroatoms. The number of carbonyl (C=O) groups is 1. The van der Waals surface area contributed by atoms with Gasteiger partial charge in [-0.05, 0) is 26.3 Å². The maximum atomic E-state index is 12.5. The molecule has 0 unspecified atom stereocenters. The average molecular weight is 337 g/mol. The maximum absolute atomic E-state index is 12.5. The highest BCUT2D eigenvalue weighted by Crippen LogP contribution is 2.31. The van der Waals surface area contributed by atoms with E-state index in [1.165, 1.54) is 23.4 Å². The fourth-order valence-corrected chi connectivity index (χ4v) is 3.29. The molecule has 2 heterocycles. The van der Waals surface area contributed by atoms with Crippen LogP contribution in [-0.2, 0) is 23.6 Å². The van der Waals surface area contributed by atoms with E-state index in [4.69, 9.17) is 4.74 Å². The maximum Gasteiger partial charge on any atom is 0.332 e. The van der Waals surface area contributed by atoms with Crippen LogP contribution in [-0.4, -0.2) is 31.9 Å². The summed E-state index contributed by atoms with van der Waals surface area (Å²) < 4.78 is 7.38. The Morgan fingerprint density at radius 3 is 2.61 bits per heavy atom. The highest BCUT2D eigenvalue weighted by molar-refractivity contribution is 8.00. The molecule has 0 fully saturated rings. The first kappa shape index (κ1) is 17.3. The van der Waals surface area contributed by atoms with Crippen LogP contribution in [0.15, 0.2) is 20.7 Å². The third kappa shape index (κ3) is 3.03. The molecule has 124 valence electrons. The van der Waals surface area contributed by atoms with E-state index in [0.29, 0.717) is 22.5 Å². The van der Waals surface area contributed by atoms with E-state index in [1.54, 1.807) is 27.1 Å². The Morgan fingerprint density at radius 1 is 1.35 bits per heavy atom. The second kappa shape index (κ2) is 6.57. The number of pyridine rings is 1. The summed E-state index contributed by atoms with van der Waals surface area (Å²) in [5, 5.41) is -0.128. The second-order valence-corrected chi connectivity index (χ2v) is 6.54. The summed E-state index contributed by atoms with van der Waals surface area (Å²) in [6.07, 6.45) is 1.60. The van der Waals surface area contributed by atoms with E-state index >= 15 is 0 Å². The monoisotopic (exact) mass is 337 g/mol. The molecule has 0 aliphatic carbocycles. The second-order valence-electron chi connectivity index (χ2n) is 5.19. The SMILES string of the molecule is CCOC(=O)[C@@H](C)Sc1c(C)cnc2c1c(=O)n(C)c(=O)n2C. The van der Waals surface area contributed by atoms with Gasteiger partial charge in [-0.1, -0.05) is 0 Å². The van der Waals surface area contributed by atoms with Crippen LogP contribution in [0.1, 0.15) is 19.4 Å². The van der Waals surface area contributed by atoms with Crippen molar-refractivity contribution in [2.75, 3.05) is 6.61 Å². The zero-order valence-electron chi connectivity index (χ0n) is 13.7. The predicted octanol–water partition coefficient (Wildman–Crippen LogP) is 0.984. The Kier molecular flexibility index (Phi) is 4.93. The van der Waals surface area contributed by atoms with Crippen LogP contribution in [0.2, 0.25) is 0 Å². The summed E-state index contributed by atoms with van der Waals surface area (Å²) in [6.45, 7) is 5.59. The average Bonchev–Trinajstić information content (AvgIpc) is 2.52. The minimum atomic E-state index is -0.471. The van der Waals surface area contributed by atoms with Crippen LogP contribution in [0.25, 0.3) is 11.0 Å². The summed E-state index contributed by atoms with van der Waals surface area (Å²) in [4.78, 5) is 41.3. The van der Waals surface area contributed by atoms with E-state index in [9.17, 15) is 14.4 Å². The van der Waals surface area contributed by atoms with Gasteiger partial charge in [0.1, 0.15) is 10.9 Å².